The fraction of sp³-hybridized carbons (Fsp3) is 0.208. The molecule has 0 atom stereocenters. The number of thiazole rings is 1. The number of halogens is 1. The Hall–Kier alpha value is -1.79. The van der Waals surface area contributed by atoms with E-state index in [9.17, 15) is 0 Å². The summed E-state index contributed by atoms with van der Waals surface area (Å²) in [7, 11) is -2.52. The van der Waals surface area contributed by atoms with E-state index < -0.39 is 8.32 Å². The van der Waals surface area contributed by atoms with Crippen LogP contribution in [0.15, 0.2) is 82.8 Å². The Labute approximate surface area is 185 Å². The summed E-state index contributed by atoms with van der Waals surface area (Å²) in [5, 5.41) is 2.59. The Morgan fingerprint density at radius 3 is 2.03 bits per heavy atom. The molecule has 0 aliphatic carbocycles. The number of rotatable bonds is 5. The molecule has 0 radical (unpaired) electrons. The molecular weight excluding hydrogens is 458 g/mol. The van der Waals surface area contributed by atoms with Gasteiger partial charge >= 0.3 is 0 Å². The van der Waals surface area contributed by atoms with Crippen molar-refractivity contribution in [2.75, 3.05) is 0 Å². The van der Waals surface area contributed by atoms with E-state index in [4.69, 9.17) is 4.43 Å². The molecule has 2 nitrogen and oxygen atoms in total. The molecule has 0 unspecified atom stereocenters. The highest BCUT2D eigenvalue weighted by Gasteiger charge is 2.50. The van der Waals surface area contributed by atoms with Gasteiger partial charge in [-0.3, -0.25) is 0 Å². The third-order valence-corrected chi connectivity index (χ3v) is 11.8. The minimum atomic E-state index is -2.52. The zero-order valence-corrected chi connectivity index (χ0v) is 20.3. The molecule has 4 rings (SSSR count). The van der Waals surface area contributed by atoms with Crippen molar-refractivity contribution < 1.29 is 4.43 Å². The summed E-state index contributed by atoms with van der Waals surface area (Å²) in [6, 6.07) is 28.0. The van der Waals surface area contributed by atoms with Gasteiger partial charge in [-0.15, -0.1) is 11.3 Å². The molecule has 0 spiro atoms. The number of aromatic nitrogens is 1. The number of hydrogen-bond donors (Lipinski definition) is 0. The molecule has 4 aromatic rings. The molecular formula is C24H24BrNOSSi. The van der Waals surface area contributed by atoms with Crippen molar-refractivity contribution in [1.29, 1.82) is 0 Å². The van der Waals surface area contributed by atoms with E-state index in [1.54, 1.807) is 11.3 Å². The highest BCUT2D eigenvalue weighted by Crippen LogP contribution is 2.37. The number of benzene rings is 3. The van der Waals surface area contributed by atoms with Crippen molar-refractivity contribution in [3.63, 3.8) is 0 Å². The van der Waals surface area contributed by atoms with Crippen LogP contribution in [0.4, 0.5) is 0 Å². The van der Waals surface area contributed by atoms with Gasteiger partial charge in [0.15, 0.2) is 3.92 Å². The van der Waals surface area contributed by atoms with Crippen LogP contribution in [0.3, 0.4) is 0 Å². The highest BCUT2D eigenvalue weighted by molar-refractivity contribution is 9.11. The van der Waals surface area contributed by atoms with Gasteiger partial charge in [0.2, 0.25) is 0 Å². The SMILES string of the molecule is CC(C)(C)[Si](OCc1ccc2nc(Br)sc2c1)(c1ccccc1)c1ccccc1. The molecule has 3 aromatic carbocycles. The average molecular weight is 483 g/mol. The second-order valence-electron chi connectivity index (χ2n) is 8.22. The standard InChI is InChI=1S/C24H24BrNOSSi/c1-24(2,3)29(19-10-6-4-7-11-19,20-12-8-5-9-13-20)27-17-18-14-15-21-22(16-18)28-23(25)26-21/h4-16H,17H2,1-3H3. The van der Waals surface area contributed by atoms with Crippen LogP contribution >= 0.6 is 27.3 Å². The van der Waals surface area contributed by atoms with Gasteiger partial charge in [0, 0.05) is 0 Å². The average Bonchev–Trinajstić information content (AvgIpc) is 3.08. The summed E-state index contributed by atoms with van der Waals surface area (Å²) in [5.74, 6) is 0. The van der Waals surface area contributed by atoms with Gasteiger partial charge < -0.3 is 4.43 Å². The van der Waals surface area contributed by atoms with Crippen LogP contribution < -0.4 is 10.4 Å². The molecule has 29 heavy (non-hydrogen) atoms. The van der Waals surface area contributed by atoms with E-state index in [1.165, 1.54) is 20.6 Å². The summed E-state index contributed by atoms with van der Waals surface area (Å²) < 4.78 is 9.11. The summed E-state index contributed by atoms with van der Waals surface area (Å²) in [4.78, 5) is 4.50. The van der Waals surface area contributed by atoms with E-state index in [2.05, 4.69) is 121 Å². The second kappa shape index (κ2) is 8.15. The Bertz CT molecular complexity index is 1070. The maximum atomic E-state index is 7.02. The molecule has 0 saturated carbocycles. The second-order valence-corrected chi connectivity index (χ2v) is 14.8. The Morgan fingerprint density at radius 2 is 1.48 bits per heavy atom. The van der Waals surface area contributed by atoms with Gasteiger partial charge in [0.25, 0.3) is 8.32 Å². The zero-order valence-electron chi connectivity index (χ0n) is 16.9. The zero-order chi connectivity index (χ0) is 20.5. The van der Waals surface area contributed by atoms with Crippen LogP contribution in [0.1, 0.15) is 26.3 Å². The lowest BCUT2D eigenvalue weighted by Gasteiger charge is -2.43. The van der Waals surface area contributed by atoms with E-state index in [0.29, 0.717) is 6.61 Å². The van der Waals surface area contributed by atoms with E-state index >= 15 is 0 Å². The van der Waals surface area contributed by atoms with Crippen LogP contribution in [0.5, 0.6) is 0 Å². The normalized spacial score (nSPS) is 12.4. The Balaban J connectivity index is 1.79. The monoisotopic (exact) mass is 481 g/mol. The fourth-order valence-electron chi connectivity index (χ4n) is 3.98. The highest BCUT2D eigenvalue weighted by atomic mass is 79.9. The number of hydrogen-bond acceptors (Lipinski definition) is 3. The summed E-state index contributed by atoms with van der Waals surface area (Å²) in [5.41, 5.74) is 2.21. The Kier molecular flexibility index (Phi) is 5.75. The lowest BCUT2D eigenvalue weighted by molar-refractivity contribution is 0.286. The van der Waals surface area contributed by atoms with Crippen molar-refractivity contribution in [1.82, 2.24) is 4.98 Å². The molecule has 0 saturated heterocycles. The lowest BCUT2D eigenvalue weighted by Crippen LogP contribution is -2.66. The maximum Gasteiger partial charge on any atom is 0.261 e. The fourth-order valence-corrected chi connectivity index (χ4v) is 9.99. The topological polar surface area (TPSA) is 22.1 Å². The van der Waals surface area contributed by atoms with Crippen molar-refractivity contribution >= 4 is 56.2 Å². The summed E-state index contributed by atoms with van der Waals surface area (Å²) in [6.45, 7) is 7.51. The number of nitrogens with zero attached hydrogens (tertiary/aromatic N) is 1. The first kappa shape index (κ1) is 20.5. The molecule has 148 valence electrons. The van der Waals surface area contributed by atoms with Crippen LogP contribution in [-0.4, -0.2) is 13.3 Å². The molecule has 0 bridgehead atoms. The molecule has 1 aromatic heterocycles. The van der Waals surface area contributed by atoms with E-state index in [-0.39, 0.29) is 5.04 Å². The van der Waals surface area contributed by atoms with Crippen molar-refractivity contribution in [2.24, 2.45) is 0 Å². The third-order valence-electron chi connectivity index (χ3n) is 5.30. The van der Waals surface area contributed by atoms with Crippen LogP contribution in [0.25, 0.3) is 10.2 Å². The van der Waals surface area contributed by atoms with Gasteiger partial charge in [-0.1, -0.05) is 87.5 Å². The molecule has 5 heteroatoms. The largest absolute Gasteiger partial charge is 0.403 e. The van der Waals surface area contributed by atoms with Crippen LogP contribution in [0, 0.1) is 0 Å². The van der Waals surface area contributed by atoms with E-state index in [1.807, 2.05) is 0 Å². The molecule has 0 amide bonds. The Morgan fingerprint density at radius 1 is 0.897 bits per heavy atom. The van der Waals surface area contributed by atoms with Gasteiger partial charge in [-0.25, -0.2) is 4.98 Å². The predicted molar refractivity (Wildman–Crippen MR) is 130 cm³/mol. The molecule has 0 N–H and O–H groups in total. The summed E-state index contributed by atoms with van der Waals surface area (Å²) in [6.07, 6.45) is 0. The first-order valence-corrected chi connectivity index (χ1v) is 13.2. The molecule has 1 heterocycles. The van der Waals surface area contributed by atoms with Gasteiger partial charge in [0.1, 0.15) is 0 Å². The minimum absolute atomic E-state index is 0.0205. The van der Waals surface area contributed by atoms with Crippen molar-refractivity contribution in [3.8, 4) is 0 Å². The molecule has 0 aliphatic heterocycles. The van der Waals surface area contributed by atoms with Crippen LogP contribution in [-0.2, 0) is 11.0 Å². The van der Waals surface area contributed by atoms with Gasteiger partial charge in [-0.2, -0.15) is 0 Å². The van der Waals surface area contributed by atoms with E-state index in [0.717, 1.165) is 9.43 Å². The van der Waals surface area contributed by atoms with Crippen molar-refractivity contribution in [2.45, 2.75) is 32.4 Å². The first-order chi connectivity index (χ1) is 13.9. The smallest absolute Gasteiger partial charge is 0.261 e. The quantitative estimate of drug-likeness (QED) is 0.319. The van der Waals surface area contributed by atoms with Gasteiger partial charge in [-0.05, 0) is 49.0 Å². The third kappa shape index (κ3) is 3.97. The number of fused-ring (bicyclic) bond motifs is 1. The maximum absolute atomic E-state index is 7.02. The first-order valence-electron chi connectivity index (χ1n) is 9.70. The lowest BCUT2D eigenvalue weighted by atomic mass is 10.2. The molecule has 0 aliphatic rings. The minimum Gasteiger partial charge on any atom is -0.403 e. The van der Waals surface area contributed by atoms with Crippen molar-refractivity contribution in [3.05, 3.63) is 88.3 Å². The predicted octanol–water partition coefficient (Wildman–Crippen LogP) is 6.14. The van der Waals surface area contributed by atoms with Crippen LogP contribution in [0.2, 0.25) is 5.04 Å². The van der Waals surface area contributed by atoms with Gasteiger partial charge in [0.05, 0.1) is 16.8 Å². The molecule has 0 fully saturated rings. The summed E-state index contributed by atoms with van der Waals surface area (Å²) >= 11 is 5.15.